The van der Waals surface area contributed by atoms with Crippen LogP contribution < -0.4 is 0 Å². The molecule has 2 aromatic rings. The molecule has 0 radical (unpaired) electrons. The molecule has 0 aliphatic rings. The Bertz CT molecular complexity index is 499. The molecular weight excluding hydrogens is 238 g/mol. The first-order chi connectivity index (χ1) is 7.98. The van der Waals surface area contributed by atoms with Gasteiger partial charge in [0.1, 0.15) is 0 Å². The summed E-state index contributed by atoms with van der Waals surface area (Å²) in [5.41, 5.74) is 0.746. The summed E-state index contributed by atoms with van der Waals surface area (Å²) in [7, 11) is 0. The van der Waals surface area contributed by atoms with Gasteiger partial charge >= 0.3 is 0 Å². The van der Waals surface area contributed by atoms with Crippen molar-refractivity contribution < 1.29 is 9.63 Å². The number of rotatable bonds is 3. The molecule has 0 fully saturated rings. The molecule has 17 heavy (non-hydrogen) atoms. The minimum atomic E-state index is -0.0663. The molecule has 0 aliphatic carbocycles. The molecule has 0 saturated carbocycles. The molecule has 0 amide bonds. The molecule has 2 aromatic heterocycles. The van der Waals surface area contributed by atoms with Crippen molar-refractivity contribution >= 4 is 11.3 Å². The lowest BCUT2D eigenvalue weighted by molar-refractivity contribution is 0.277. The van der Waals surface area contributed by atoms with Crippen molar-refractivity contribution in [2.24, 2.45) is 5.41 Å². The fourth-order valence-corrected chi connectivity index (χ4v) is 2.08. The van der Waals surface area contributed by atoms with E-state index in [4.69, 9.17) is 9.63 Å². The Kier molecular flexibility index (Phi) is 3.26. The standard InChI is InChI=1S/C11H15N3O2S/c1-11(2,3)4-8-13-9(14-16-8)10-12-7(5-15)6-17-10/h6,15H,4-5H2,1-3H3. The lowest BCUT2D eigenvalue weighted by Gasteiger charge is -2.13. The van der Waals surface area contributed by atoms with Crippen molar-refractivity contribution in [3.8, 4) is 10.8 Å². The van der Waals surface area contributed by atoms with Crippen molar-refractivity contribution in [3.05, 3.63) is 17.0 Å². The number of thiazole rings is 1. The number of nitrogens with zero attached hydrogens (tertiary/aromatic N) is 3. The van der Waals surface area contributed by atoms with E-state index in [-0.39, 0.29) is 12.0 Å². The van der Waals surface area contributed by atoms with Crippen molar-refractivity contribution in [1.82, 2.24) is 15.1 Å². The zero-order valence-electron chi connectivity index (χ0n) is 10.1. The fraction of sp³-hybridized carbons (Fsp3) is 0.545. The van der Waals surface area contributed by atoms with Crippen LogP contribution in [0.2, 0.25) is 0 Å². The molecule has 0 atom stereocenters. The second kappa shape index (κ2) is 4.54. The predicted molar refractivity (Wildman–Crippen MR) is 64.5 cm³/mol. The molecule has 6 heteroatoms. The largest absolute Gasteiger partial charge is 0.390 e. The normalized spacial score (nSPS) is 12.0. The Hall–Kier alpha value is -1.27. The minimum Gasteiger partial charge on any atom is -0.390 e. The van der Waals surface area contributed by atoms with Crippen LogP contribution in [-0.4, -0.2) is 20.2 Å². The molecule has 0 aromatic carbocycles. The van der Waals surface area contributed by atoms with E-state index >= 15 is 0 Å². The third-order valence-corrected chi connectivity index (χ3v) is 2.94. The monoisotopic (exact) mass is 253 g/mol. The first-order valence-electron chi connectivity index (χ1n) is 5.36. The van der Waals surface area contributed by atoms with E-state index in [9.17, 15) is 0 Å². The number of aliphatic hydroxyl groups is 1. The Morgan fingerprint density at radius 1 is 1.35 bits per heavy atom. The summed E-state index contributed by atoms with van der Waals surface area (Å²) in [4.78, 5) is 8.49. The molecule has 2 rings (SSSR count). The third-order valence-electron chi connectivity index (χ3n) is 2.05. The van der Waals surface area contributed by atoms with Crippen molar-refractivity contribution in [2.75, 3.05) is 0 Å². The SMILES string of the molecule is CC(C)(C)Cc1nc(-c2nc(CO)cs2)no1. The van der Waals surface area contributed by atoms with Crippen molar-refractivity contribution in [2.45, 2.75) is 33.8 Å². The van der Waals surface area contributed by atoms with Gasteiger partial charge in [-0.15, -0.1) is 11.3 Å². The third kappa shape index (κ3) is 3.10. The maximum atomic E-state index is 8.94. The lowest BCUT2D eigenvalue weighted by atomic mass is 9.92. The maximum absolute atomic E-state index is 8.94. The summed E-state index contributed by atoms with van der Waals surface area (Å²) in [6.45, 7) is 6.28. The summed E-state index contributed by atoms with van der Waals surface area (Å²) in [5, 5.41) is 15.3. The van der Waals surface area contributed by atoms with Crippen LogP contribution in [0, 0.1) is 5.41 Å². The molecular formula is C11H15N3O2S. The minimum absolute atomic E-state index is 0.0663. The topological polar surface area (TPSA) is 72.0 Å². The van der Waals surface area contributed by atoms with Crippen LogP contribution in [-0.2, 0) is 13.0 Å². The molecule has 0 aliphatic heterocycles. The maximum Gasteiger partial charge on any atom is 0.231 e. The van der Waals surface area contributed by atoms with Gasteiger partial charge in [0, 0.05) is 11.8 Å². The molecule has 0 bridgehead atoms. The first kappa shape index (κ1) is 12.2. The number of hydrogen-bond donors (Lipinski definition) is 1. The Morgan fingerprint density at radius 2 is 2.12 bits per heavy atom. The van der Waals surface area contributed by atoms with Crippen LogP contribution in [0.4, 0.5) is 0 Å². The zero-order chi connectivity index (χ0) is 12.5. The molecule has 0 unspecified atom stereocenters. The van der Waals surface area contributed by atoms with Gasteiger partial charge in [-0.05, 0) is 5.41 Å². The van der Waals surface area contributed by atoms with Crippen LogP contribution in [0.1, 0.15) is 32.4 Å². The van der Waals surface area contributed by atoms with Gasteiger partial charge in [-0.2, -0.15) is 4.98 Å². The van der Waals surface area contributed by atoms with Gasteiger partial charge in [0.2, 0.25) is 11.7 Å². The van der Waals surface area contributed by atoms with Gasteiger partial charge in [0.15, 0.2) is 5.01 Å². The van der Waals surface area contributed by atoms with Gasteiger partial charge in [-0.25, -0.2) is 4.98 Å². The van der Waals surface area contributed by atoms with Gasteiger partial charge in [-0.3, -0.25) is 0 Å². The second-order valence-electron chi connectivity index (χ2n) is 5.05. The van der Waals surface area contributed by atoms with E-state index in [1.165, 1.54) is 11.3 Å². The highest BCUT2D eigenvalue weighted by Gasteiger charge is 2.18. The average molecular weight is 253 g/mol. The Labute approximate surface area is 104 Å². The van der Waals surface area contributed by atoms with E-state index in [0.29, 0.717) is 22.4 Å². The zero-order valence-corrected chi connectivity index (χ0v) is 10.9. The summed E-state index contributed by atoms with van der Waals surface area (Å²) in [6, 6.07) is 0. The predicted octanol–water partition coefficient (Wildman–Crippen LogP) is 2.27. The van der Waals surface area contributed by atoms with Gasteiger partial charge in [0.05, 0.1) is 12.3 Å². The summed E-state index contributed by atoms with van der Waals surface area (Å²) < 4.78 is 5.18. The summed E-state index contributed by atoms with van der Waals surface area (Å²) in [6.07, 6.45) is 0.734. The van der Waals surface area contributed by atoms with Crippen molar-refractivity contribution in [1.29, 1.82) is 0 Å². The molecule has 92 valence electrons. The molecule has 0 saturated heterocycles. The summed E-state index contributed by atoms with van der Waals surface area (Å²) >= 11 is 1.40. The lowest BCUT2D eigenvalue weighted by Crippen LogP contribution is -2.09. The van der Waals surface area contributed by atoms with Gasteiger partial charge in [-0.1, -0.05) is 25.9 Å². The second-order valence-corrected chi connectivity index (χ2v) is 5.91. The fourth-order valence-electron chi connectivity index (χ4n) is 1.35. The van der Waals surface area contributed by atoms with Gasteiger partial charge < -0.3 is 9.63 Å². The van der Waals surface area contributed by atoms with Crippen LogP contribution in [0.5, 0.6) is 0 Å². The number of aliphatic hydroxyl groups excluding tert-OH is 1. The Morgan fingerprint density at radius 3 is 2.71 bits per heavy atom. The van der Waals surface area contributed by atoms with E-state index in [1.807, 2.05) is 0 Å². The first-order valence-corrected chi connectivity index (χ1v) is 6.24. The van der Waals surface area contributed by atoms with Crippen LogP contribution in [0.3, 0.4) is 0 Å². The summed E-state index contributed by atoms with van der Waals surface area (Å²) in [5.74, 6) is 1.11. The highest BCUT2D eigenvalue weighted by molar-refractivity contribution is 7.13. The quantitative estimate of drug-likeness (QED) is 0.908. The molecule has 5 nitrogen and oxygen atoms in total. The van der Waals surface area contributed by atoms with Crippen LogP contribution in [0.15, 0.2) is 9.90 Å². The van der Waals surface area contributed by atoms with Crippen LogP contribution >= 0.6 is 11.3 Å². The van der Waals surface area contributed by atoms with Gasteiger partial charge in [0.25, 0.3) is 0 Å². The Balaban J connectivity index is 2.18. The molecule has 0 spiro atoms. The smallest absolute Gasteiger partial charge is 0.231 e. The van der Waals surface area contributed by atoms with Crippen LogP contribution in [0.25, 0.3) is 10.8 Å². The molecule has 1 N–H and O–H groups in total. The van der Waals surface area contributed by atoms with E-state index < -0.39 is 0 Å². The molecule has 2 heterocycles. The van der Waals surface area contributed by atoms with Crippen molar-refractivity contribution in [3.63, 3.8) is 0 Å². The highest BCUT2D eigenvalue weighted by Crippen LogP contribution is 2.24. The highest BCUT2D eigenvalue weighted by atomic mass is 32.1. The number of hydrogen-bond acceptors (Lipinski definition) is 6. The van der Waals surface area contributed by atoms with E-state index in [1.54, 1.807) is 5.38 Å². The van der Waals surface area contributed by atoms with E-state index in [2.05, 4.69) is 35.9 Å². The van der Waals surface area contributed by atoms with E-state index in [0.717, 1.165) is 6.42 Å². The number of aromatic nitrogens is 3. The average Bonchev–Trinajstić information content (AvgIpc) is 2.82.